The third-order valence-electron chi connectivity index (χ3n) is 13.6. The fourth-order valence-corrected chi connectivity index (χ4v) is 9.63. The van der Waals surface area contributed by atoms with Crippen molar-refractivity contribution in [3.8, 4) is 0 Å². The number of amides is 4. The lowest BCUT2D eigenvalue weighted by Gasteiger charge is -2.41. The monoisotopic (exact) mass is 900 g/mol. The maximum absolute atomic E-state index is 14.6. The van der Waals surface area contributed by atoms with Crippen molar-refractivity contribution in [2.24, 2.45) is 23.7 Å². The van der Waals surface area contributed by atoms with Gasteiger partial charge in [0.1, 0.15) is 12.1 Å². The number of likely N-dealkylation sites (N-methyl/N-ethyl adjacent to an activating group) is 2. The quantitative estimate of drug-likeness (QED) is 0.0616. The van der Waals surface area contributed by atoms with Crippen LogP contribution in [0, 0.1) is 23.7 Å². The molecule has 13 heteroatoms. The van der Waals surface area contributed by atoms with E-state index in [0.717, 1.165) is 31.4 Å². The number of ether oxygens (including phenoxy) is 2. The van der Waals surface area contributed by atoms with E-state index in [0.29, 0.717) is 19.4 Å². The van der Waals surface area contributed by atoms with Gasteiger partial charge >= 0.3 is 5.97 Å². The molecule has 0 aliphatic carbocycles. The Bertz CT molecular complexity index is 1530. The number of carbonyl (C=O) groups excluding carboxylic acids is 4. The molecule has 1 aromatic carbocycles. The third-order valence-corrected chi connectivity index (χ3v) is 13.6. The number of unbranched alkanes of at least 4 members (excludes halogenated alkanes) is 9. The summed E-state index contributed by atoms with van der Waals surface area (Å²) in [5, 5.41) is 15.8. The Balaban J connectivity index is 2.16. The molecule has 1 aliphatic heterocycles. The standard InChI is InChI=1S/C51H89N5O8/c1-13-15-16-17-18-19-20-21-22-26-31-54(9)45(36(5)6)49(59)53-44(35(3)4)50(60)55(10)46(37(7)14-2)42(63-11)34-43(57)56-32-27-30-41(56)47(64-12)38(8)48(58)52-40(51(61)62)33-39-28-24-23-25-29-39/h23-25,28-29,35-38,40-42,44-47H,13-22,26-27,30-34H2,1-12H3,(H,52,58)(H,53,59)(H,61,62)/t37-,38+,40-,41-,42+,44-,45-,46-,47+/m0/s1. The first-order chi connectivity index (χ1) is 30.4. The van der Waals surface area contributed by atoms with Crippen molar-refractivity contribution in [3.63, 3.8) is 0 Å². The van der Waals surface area contributed by atoms with E-state index in [9.17, 15) is 29.1 Å². The molecular weight excluding hydrogens is 811 g/mol. The number of hydrogen-bond acceptors (Lipinski definition) is 8. The van der Waals surface area contributed by atoms with Crippen molar-refractivity contribution in [3.05, 3.63) is 35.9 Å². The van der Waals surface area contributed by atoms with Crippen LogP contribution in [0.5, 0.6) is 0 Å². The zero-order valence-electron chi connectivity index (χ0n) is 41.9. The third kappa shape index (κ3) is 17.7. The van der Waals surface area contributed by atoms with Gasteiger partial charge in [-0.3, -0.25) is 24.1 Å². The van der Waals surface area contributed by atoms with Gasteiger partial charge in [-0.25, -0.2) is 4.79 Å². The number of carboxylic acids is 1. The van der Waals surface area contributed by atoms with Gasteiger partial charge in [0.15, 0.2) is 0 Å². The van der Waals surface area contributed by atoms with Gasteiger partial charge in [-0.05, 0) is 56.2 Å². The molecule has 0 spiro atoms. The molecule has 1 fully saturated rings. The molecule has 1 aromatic rings. The summed E-state index contributed by atoms with van der Waals surface area (Å²) in [5.74, 6) is -3.12. The molecule has 1 saturated heterocycles. The molecule has 13 nitrogen and oxygen atoms in total. The molecular formula is C51H89N5O8. The molecule has 0 aromatic heterocycles. The number of nitrogens with one attached hydrogen (secondary N) is 2. The molecule has 1 heterocycles. The number of benzene rings is 1. The van der Waals surface area contributed by atoms with Crippen LogP contribution in [-0.2, 0) is 39.9 Å². The molecule has 0 radical (unpaired) electrons. The molecule has 9 atom stereocenters. The minimum Gasteiger partial charge on any atom is -0.480 e. The number of nitrogens with zero attached hydrogens (tertiary/aromatic N) is 3. The minimum absolute atomic E-state index is 0.00726. The highest BCUT2D eigenvalue weighted by Gasteiger charge is 2.43. The van der Waals surface area contributed by atoms with E-state index in [1.54, 1.807) is 30.9 Å². The second-order valence-corrected chi connectivity index (χ2v) is 19.3. The van der Waals surface area contributed by atoms with E-state index in [1.165, 1.54) is 58.5 Å². The zero-order valence-corrected chi connectivity index (χ0v) is 41.9. The number of carbonyl (C=O) groups is 5. The molecule has 1 aliphatic rings. The van der Waals surface area contributed by atoms with E-state index in [1.807, 2.05) is 78.9 Å². The molecule has 0 bridgehead atoms. The molecule has 64 heavy (non-hydrogen) atoms. The van der Waals surface area contributed by atoms with Gasteiger partial charge in [0, 0.05) is 34.2 Å². The average Bonchev–Trinajstić information content (AvgIpc) is 3.75. The Morgan fingerprint density at radius 2 is 1.39 bits per heavy atom. The summed E-state index contributed by atoms with van der Waals surface area (Å²) >= 11 is 0. The predicted molar refractivity (Wildman–Crippen MR) is 256 cm³/mol. The highest BCUT2D eigenvalue weighted by molar-refractivity contribution is 5.90. The molecule has 0 unspecified atom stereocenters. The van der Waals surface area contributed by atoms with Crippen LogP contribution in [0.25, 0.3) is 0 Å². The topological polar surface area (TPSA) is 158 Å². The van der Waals surface area contributed by atoms with Crippen LogP contribution in [-0.4, -0.2) is 133 Å². The lowest BCUT2D eigenvalue weighted by molar-refractivity contribution is -0.148. The number of hydrogen-bond donors (Lipinski definition) is 3. The summed E-state index contributed by atoms with van der Waals surface area (Å²) in [6.45, 7) is 17.3. The second-order valence-electron chi connectivity index (χ2n) is 19.3. The van der Waals surface area contributed by atoms with Gasteiger partial charge in [-0.2, -0.15) is 0 Å². The van der Waals surface area contributed by atoms with Crippen molar-refractivity contribution in [1.29, 1.82) is 0 Å². The summed E-state index contributed by atoms with van der Waals surface area (Å²) in [4.78, 5) is 74.3. The lowest BCUT2D eigenvalue weighted by atomic mass is 9.89. The summed E-state index contributed by atoms with van der Waals surface area (Å²) < 4.78 is 12.0. The van der Waals surface area contributed by atoms with Crippen LogP contribution >= 0.6 is 0 Å². The summed E-state index contributed by atoms with van der Waals surface area (Å²) in [6.07, 6.45) is 13.3. The lowest BCUT2D eigenvalue weighted by Crippen LogP contribution is -2.60. The Hall–Kier alpha value is -3.55. The van der Waals surface area contributed by atoms with Crippen molar-refractivity contribution >= 4 is 29.6 Å². The molecule has 0 saturated carbocycles. The first kappa shape index (κ1) is 56.6. The second kappa shape index (κ2) is 29.9. The van der Waals surface area contributed by atoms with Crippen LogP contribution in [0.1, 0.15) is 151 Å². The van der Waals surface area contributed by atoms with Gasteiger partial charge in [0.05, 0.1) is 42.7 Å². The maximum atomic E-state index is 14.6. The number of carboxylic acid groups (broad SMARTS) is 1. The van der Waals surface area contributed by atoms with Gasteiger partial charge in [-0.15, -0.1) is 0 Å². The van der Waals surface area contributed by atoms with Crippen LogP contribution in [0.4, 0.5) is 0 Å². The van der Waals surface area contributed by atoms with E-state index < -0.39 is 60.2 Å². The van der Waals surface area contributed by atoms with Crippen LogP contribution < -0.4 is 10.6 Å². The van der Waals surface area contributed by atoms with Gasteiger partial charge in [-0.1, -0.05) is 150 Å². The number of methoxy groups -OCH3 is 2. The number of likely N-dealkylation sites (tertiary alicyclic amines) is 1. The highest BCUT2D eigenvalue weighted by Crippen LogP contribution is 2.30. The normalized spacial score (nSPS) is 18.0. The predicted octanol–water partition coefficient (Wildman–Crippen LogP) is 7.74. The number of aliphatic carboxylic acids is 1. The van der Waals surface area contributed by atoms with E-state index in [2.05, 4.69) is 22.5 Å². The van der Waals surface area contributed by atoms with E-state index in [4.69, 9.17) is 9.47 Å². The van der Waals surface area contributed by atoms with Crippen LogP contribution in [0.2, 0.25) is 0 Å². The maximum Gasteiger partial charge on any atom is 0.326 e. The van der Waals surface area contributed by atoms with Crippen molar-refractivity contribution in [2.45, 2.75) is 194 Å². The van der Waals surface area contributed by atoms with Gasteiger partial charge in [0.2, 0.25) is 23.6 Å². The van der Waals surface area contributed by atoms with Crippen LogP contribution in [0.15, 0.2) is 30.3 Å². The zero-order chi connectivity index (χ0) is 47.9. The Labute approximate surface area is 387 Å². The summed E-state index contributed by atoms with van der Waals surface area (Å²) in [7, 11) is 6.82. The van der Waals surface area contributed by atoms with E-state index >= 15 is 0 Å². The van der Waals surface area contributed by atoms with Gasteiger partial charge < -0.3 is 35.0 Å². The van der Waals surface area contributed by atoms with E-state index in [-0.39, 0.29) is 48.3 Å². The first-order valence-electron chi connectivity index (χ1n) is 24.6. The fraction of sp³-hybridized carbons (Fsp3) is 0.784. The summed E-state index contributed by atoms with van der Waals surface area (Å²) in [6, 6.07) is 5.93. The minimum atomic E-state index is -1.13. The van der Waals surface area contributed by atoms with Gasteiger partial charge in [0.25, 0.3) is 0 Å². The molecule has 2 rings (SSSR count). The number of rotatable bonds is 32. The highest BCUT2D eigenvalue weighted by atomic mass is 16.5. The molecule has 3 N–H and O–H groups in total. The SMILES string of the molecule is CCCCCCCCCCCCN(C)[C@H](C(=O)N[C@H](C(=O)N(C)[C@@H]([C@@H](C)CC)[C@@H](CC(=O)N1CCC[C@H]1[C@H](OC)[C@@H](C)C(=O)N[C@@H](Cc1ccccc1)C(=O)O)OC)C(C)C)C(C)C. The Morgan fingerprint density at radius 3 is 1.91 bits per heavy atom. The Morgan fingerprint density at radius 1 is 0.797 bits per heavy atom. The first-order valence-corrected chi connectivity index (χ1v) is 24.6. The molecule has 4 amide bonds. The van der Waals surface area contributed by atoms with Crippen molar-refractivity contribution in [2.75, 3.05) is 41.4 Å². The smallest absolute Gasteiger partial charge is 0.326 e. The largest absolute Gasteiger partial charge is 0.480 e. The van der Waals surface area contributed by atoms with Crippen molar-refractivity contribution < 1.29 is 38.6 Å². The van der Waals surface area contributed by atoms with Crippen LogP contribution in [0.3, 0.4) is 0 Å². The van der Waals surface area contributed by atoms with Crippen molar-refractivity contribution in [1.82, 2.24) is 25.3 Å². The fourth-order valence-electron chi connectivity index (χ4n) is 9.63. The molecule has 366 valence electrons. The average molecular weight is 900 g/mol. The Kier molecular flexibility index (Phi) is 26.4. The summed E-state index contributed by atoms with van der Waals surface area (Å²) in [5.41, 5.74) is 0.788.